The zero-order valence-corrected chi connectivity index (χ0v) is 11.0. The fourth-order valence-corrected chi connectivity index (χ4v) is 3.67. The van der Waals surface area contributed by atoms with Gasteiger partial charge in [0, 0.05) is 12.1 Å². The molecule has 2 saturated heterocycles. The van der Waals surface area contributed by atoms with Crippen molar-refractivity contribution in [2.75, 3.05) is 14.2 Å². The van der Waals surface area contributed by atoms with E-state index in [1.807, 2.05) is 6.92 Å². The molecular formula is C13H23NO3. The van der Waals surface area contributed by atoms with Gasteiger partial charge in [0.2, 0.25) is 0 Å². The third-order valence-corrected chi connectivity index (χ3v) is 4.71. The van der Waals surface area contributed by atoms with Crippen molar-refractivity contribution in [2.24, 2.45) is 5.92 Å². The Balaban J connectivity index is 2.16. The number of hydrogen-bond donors (Lipinski definition) is 1. The molecule has 0 radical (unpaired) electrons. The number of methoxy groups -OCH3 is 1. The topological polar surface area (TPSA) is 49.8 Å². The monoisotopic (exact) mass is 241 g/mol. The molecule has 0 spiro atoms. The number of esters is 1. The van der Waals surface area contributed by atoms with Crippen molar-refractivity contribution in [1.82, 2.24) is 4.90 Å². The number of hydrogen-bond acceptors (Lipinski definition) is 4. The molecule has 0 saturated carbocycles. The summed E-state index contributed by atoms with van der Waals surface area (Å²) in [6, 6.07) is 0.856. The van der Waals surface area contributed by atoms with Gasteiger partial charge in [-0.05, 0) is 39.2 Å². The summed E-state index contributed by atoms with van der Waals surface area (Å²) in [5, 5.41) is 10.8. The number of rotatable bonds is 3. The zero-order valence-electron chi connectivity index (χ0n) is 11.0. The van der Waals surface area contributed by atoms with E-state index in [4.69, 9.17) is 4.74 Å². The molecule has 0 aromatic rings. The Labute approximate surface area is 103 Å². The van der Waals surface area contributed by atoms with E-state index in [9.17, 15) is 9.90 Å². The lowest BCUT2D eigenvalue weighted by atomic mass is 9.75. The molecule has 0 aromatic carbocycles. The van der Waals surface area contributed by atoms with Crippen molar-refractivity contribution in [2.45, 2.75) is 56.7 Å². The van der Waals surface area contributed by atoms with Gasteiger partial charge in [-0.1, -0.05) is 6.92 Å². The predicted octanol–water partition coefficient (Wildman–Crippen LogP) is 1.17. The molecule has 4 heteroatoms. The van der Waals surface area contributed by atoms with Crippen LogP contribution in [-0.4, -0.2) is 47.8 Å². The van der Waals surface area contributed by atoms with E-state index in [-0.39, 0.29) is 11.9 Å². The van der Waals surface area contributed by atoms with Crippen LogP contribution in [0.25, 0.3) is 0 Å². The summed E-state index contributed by atoms with van der Waals surface area (Å²) in [6.45, 7) is 1.94. The maximum absolute atomic E-state index is 11.8. The summed E-state index contributed by atoms with van der Waals surface area (Å²) in [5.41, 5.74) is -0.861. The first-order valence-corrected chi connectivity index (χ1v) is 6.54. The number of ether oxygens (including phenoxy) is 1. The van der Waals surface area contributed by atoms with Crippen molar-refractivity contribution >= 4 is 5.97 Å². The van der Waals surface area contributed by atoms with Gasteiger partial charge in [-0.25, -0.2) is 0 Å². The quantitative estimate of drug-likeness (QED) is 0.754. The molecule has 2 rings (SSSR count). The number of piperidine rings is 1. The maximum Gasteiger partial charge on any atom is 0.311 e. The van der Waals surface area contributed by atoms with Crippen molar-refractivity contribution in [3.05, 3.63) is 0 Å². The number of fused-ring (bicyclic) bond motifs is 2. The molecular weight excluding hydrogens is 218 g/mol. The van der Waals surface area contributed by atoms with Gasteiger partial charge in [0.15, 0.2) is 0 Å². The highest BCUT2D eigenvalue weighted by Crippen LogP contribution is 2.44. The predicted molar refractivity (Wildman–Crippen MR) is 64.6 cm³/mol. The molecule has 0 amide bonds. The molecule has 2 fully saturated rings. The summed E-state index contributed by atoms with van der Waals surface area (Å²) in [6.07, 6.45) is 4.33. The molecule has 98 valence electrons. The fraction of sp³-hybridized carbons (Fsp3) is 0.923. The average molecular weight is 241 g/mol. The molecule has 4 nitrogen and oxygen atoms in total. The fourth-order valence-electron chi connectivity index (χ4n) is 3.67. The SMILES string of the molecule is CCC(C(=O)OC)C1(O)CC2CCC(C1)N2C. The number of nitrogens with zero attached hydrogens (tertiary/aromatic N) is 1. The first-order chi connectivity index (χ1) is 8.01. The third-order valence-electron chi connectivity index (χ3n) is 4.71. The highest BCUT2D eigenvalue weighted by atomic mass is 16.5. The Morgan fingerprint density at radius 2 is 2.00 bits per heavy atom. The van der Waals surface area contributed by atoms with E-state index in [1.54, 1.807) is 0 Å². The average Bonchev–Trinajstić information content (AvgIpc) is 2.53. The van der Waals surface area contributed by atoms with Crippen LogP contribution in [0.1, 0.15) is 39.0 Å². The lowest BCUT2D eigenvalue weighted by Gasteiger charge is -2.45. The summed E-state index contributed by atoms with van der Waals surface area (Å²) in [5.74, 6) is -0.636. The molecule has 2 bridgehead atoms. The lowest BCUT2D eigenvalue weighted by molar-refractivity contribution is -0.162. The second-order valence-electron chi connectivity index (χ2n) is 5.55. The van der Waals surface area contributed by atoms with Crippen molar-refractivity contribution < 1.29 is 14.6 Å². The van der Waals surface area contributed by atoms with Crippen LogP contribution >= 0.6 is 0 Å². The molecule has 3 atom stereocenters. The minimum atomic E-state index is -0.861. The van der Waals surface area contributed by atoms with Crippen LogP contribution in [0.2, 0.25) is 0 Å². The van der Waals surface area contributed by atoms with Crippen molar-refractivity contribution in [3.8, 4) is 0 Å². The van der Waals surface area contributed by atoms with E-state index in [0.717, 1.165) is 12.8 Å². The Bertz CT molecular complexity index is 291. The molecule has 1 N–H and O–H groups in total. The van der Waals surface area contributed by atoms with Gasteiger partial charge in [0.1, 0.15) is 0 Å². The molecule has 3 unspecified atom stereocenters. The van der Waals surface area contributed by atoms with Crippen LogP contribution in [0.4, 0.5) is 0 Å². The van der Waals surface area contributed by atoms with Gasteiger partial charge >= 0.3 is 5.97 Å². The second-order valence-corrected chi connectivity index (χ2v) is 5.55. The number of carbonyl (C=O) groups excluding carboxylic acids is 1. The molecule has 2 heterocycles. The van der Waals surface area contributed by atoms with E-state index < -0.39 is 5.60 Å². The minimum absolute atomic E-state index is 0.265. The van der Waals surface area contributed by atoms with Crippen LogP contribution < -0.4 is 0 Å². The first kappa shape index (κ1) is 12.8. The maximum atomic E-state index is 11.8. The normalized spacial score (nSPS) is 39.1. The van der Waals surface area contributed by atoms with Crippen LogP contribution in [0.5, 0.6) is 0 Å². The highest BCUT2D eigenvalue weighted by molar-refractivity contribution is 5.73. The van der Waals surface area contributed by atoms with Crippen LogP contribution in [-0.2, 0) is 9.53 Å². The first-order valence-electron chi connectivity index (χ1n) is 6.54. The van der Waals surface area contributed by atoms with Crippen molar-refractivity contribution in [3.63, 3.8) is 0 Å². The van der Waals surface area contributed by atoms with Crippen LogP contribution in [0.15, 0.2) is 0 Å². The van der Waals surface area contributed by atoms with E-state index in [2.05, 4.69) is 11.9 Å². The summed E-state index contributed by atoms with van der Waals surface area (Å²) < 4.78 is 4.83. The number of aliphatic hydroxyl groups is 1. The Hall–Kier alpha value is -0.610. The van der Waals surface area contributed by atoms with E-state index in [0.29, 0.717) is 31.3 Å². The third kappa shape index (κ3) is 2.08. The Morgan fingerprint density at radius 3 is 2.41 bits per heavy atom. The molecule has 17 heavy (non-hydrogen) atoms. The van der Waals surface area contributed by atoms with Gasteiger partial charge in [0.25, 0.3) is 0 Å². The summed E-state index contributed by atoms with van der Waals surface area (Å²) >= 11 is 0. The molecule has 2 aliphatic heterocycles. The van der Waals surface area contributed by atoms with E-state index >= 15 is 0 Å². The number of carbonyl (C=O) groups is 1. The van der Waals surface area contributed by atoms with Gasteiger partial charge in [0.05, 0.1) is 18.6 Å². The van der Waals surface area contributed by atoms with Crippen molar-refractivity contribution in [1.29, 1.82) is 0 Å². The second kappa shape index (κ2) is 4.58. The smallest absolute Gasteiger partial charge is 0.311 e. The molecule has 0 aliphatic carbocycles. The Morgan fingerprint density at radius 1 is 1.47 bits per heavy atom. The van der Waals surface area contributed by atoms with E-state index in [1.165, 1.54) is 7.11 Å². The largest absolute Gasteiger partial charge is 0.469 e. The van der Waals surface area contributed by atoms with Gasteiger partial charge in [-0.15, -0.1) is 0 Å². The summed E-state index contributed by atoms with van der Waals surface area (Å²) in [7, 11) is 3.53. The highest BCUT2D eigenvalue weighted by Gasteiger charge is 2.51. The van der Waals surface area contributed by atoms with Crippen LogP contribution in [0, 0.1) is 5.92 Å². The lowest BCUT2D eigenvalue weighted by Crippen LogP contribution is -2.54. The summed E-state index contributed by atoms with van der Waals surface area (Å²) in [4.78, 5) is 14.1. The van der Waals surface area contributed by atoms with Gasteiger partial charge in [-0.3, -0.25) is 4.79 Å². The Kier molecular flexibility index (Phi) is 3.46. The van der Waals surface area contributed by atoms with Crippen LogP contribution in [0.3, 0.4) is 0 Å². The zero-order chi connectivity index (χ0) is 12.6. The standard InChI is InChI=1S/C13H23NO3/c1-4-11(12(15)17-3)13(16)7-9-5-6-10(8-13)14(9)2/h9-11,16H,4-8H2,1-3H3. The molecule has 2 aliphatic rings. The van der Waals surface area contributed by atoms with Gasteiger partial charge in [-0.2, -0.15) is 0 Å². The molecule has 0 aromatic heterocycles. The van der Waals surface area contributed by atoms with Gasteiger partial charge < -0.3 is 14.7 Å². The minimum Gasteiger partial charge on any atom is -0.469 e.